The normalized spacial score (nSPS) is 14.8. The molecule has 104 heavy (non-hydrogen) atoms. The van der Waals surface area contributed by atoms with Gasteiger partial charge in [0.05, 0.1) is 10.8 Å². The van der Waals surface area contributed by atoms with Crippen LogP contribution in [-0.4, -0.2) is 16.1 Å². The number of para-hydroxylation sites is 2. The molecule has 0 bridgehead atoms. The molecule has 17 aromatic rings. The lowest BCUT2D eigenvalue weighted by Gasteiger charge is -2.46. The topological polar surface area (TPSA) is 6.48 Å². The minimum absolute atomic E-state index is 0.606. The van der Waals surface area contributed by atoms with Crippen molar-refractivity contribution in [1.29, 1.82) is 0 Å². The SMILES string of the molecule is c1ccc(C2(c3ccccc3)c3ccccc3-c3cc4c(cc32)N(c2ccc3cc5cc(N6c7ccccc7[Si](c7ccccc7)(c7ccccc7)c7cc8c(cc76)C(c6ccccc6)(c6ccccc6)c6ccccc6-8)ccc5cc3c2)c2ccccc2[Si]4(c2ccccc2)c2ccccc2)cc1. The van der Waals surface area contributed by atoms with E-state index in [1.54, 1.807) is 0 Å². The second kappa shape index (κ2) is 23.4. The van der Waals surface area contributed by atoms with Crippen LogP contribution in [0.15, 0.2) is 413 Å². The van der Waals surface area contributed by atoms with Crippen molar-refractivity contribution >= 4 is 113 Å². The van der Waals surface area contributed by atoms with E-state index < -0.39 is 27.0 Å². The van der Waals surface area contributed by atoms with Crippen LogP contribution in [0.25, 0.3) is 43.8 Å². The molecule has 486 valence electrons. The fraction of sp³-hybridized carbons (Fsp3) is 0.0200. The third-order valence-corrected chi connectivity index (χ3v) is 33.3. The molecule has 0 fully saturated rings. The van der Waals surface area contributed by atoms with Gasteiger partial charge in [-0.05, 0) is 190 Å². The summed E-state index contributed by atoms with van der Waals surface area (Å²) in [6.45, 7) is 0. The number of hydrogen-bond donors (Lipinski definition) is 0. The lowest BCUT2D eigenvalue weighted by Crippen LogP contribution is -2.77. The van der Waals surface area contributed by atoms with E-state index >= 15 is 0 Å². The van der Waals surface area contributed by atoms with Crippen molar-refractivity contribution in [2.45, 2.75) is 10.8 Å². The van der Waals surface area contributed by atoms with E-state index in [4.69, 9.17) is 0 Å². The van der Waals surface area contributed by atoms with Gasteiger partial charge in [-0.15, -0.1) is 0 Å². The Kier molecular flexibility index (Phi) is 13.5. The fourth-order valence-corrected chi connectivity index (χ4v) is 29.8. The number of nitrogens with zero attached hydrogens (tertiary/aromatic N) is 2. The second-order valence-corrected chi connectivity index (χ2v) is 35.9. The molecule has 2 aliphatic heterocycles. The summed E-state index contributed by atoms with van der Waals surface area (Å²) in [6, 6.07) is 158. The lowest BCUT2D eigenvalue weighted by atomic mass is 9.67. The molecule has 0 radical (unpaired) electrons. The van der Waals surface area contributed by atoms with E-state index in [-0.39, 0.29) is 0 Å². The molecule has 2 nitrogen and oxygen atoms in total. The summed E-state index contributed by atoms with van der Waals surface area (Å²) in [4.78, 5) is 5.25. The quantitative estimate of drug-likeness (QED) is 0.0995. The van der Waals surface area contributed by atoms with Crippen LogP contribution in [0.2, 0.25) is 0 Å². The summed E-state index contributed by atoms with van der Waals surface area (Å²) in [6.07, 6.45) is 0. The molecule has 4 aliphatic rings. The van der Waals surface area contributed by atoms with Crippen molar-refractivity contribution < 1.29 is 0 Å². The van der Waals surface area contributed by atoms with Crippen LogP contribution < -0.4 is 51.3 Å². The highest BCUT2D eigenvalue weighted by Crippen LogP contribution is 2.60. The predicted molar refractivity (Wildman–Crippen MR) is 440 cm³/mol. The van der Waals surface area contributed by atoms with E-state index in [0.717, 1.165) is 11.4 Å². The van der Waals surface area contributed by atoms with Gasteiger partial charge in [-0.25, -0.2) is 0 Å². The van der Waals surface area contributed by atoms with Crippen LogP contribution >= 0.6 is 0 Å². The third kappa shape index (κ3) is 8.32. The number of rotatable bonds is 10. The molecular weight excluding hydrogens is 1290 g/mol. The van der Waals surface area contributed by atoms with Gasteiger partial charge in [-0.3, -0.25) is 0 Å². The maximum Gasteiger partial charge on any atom is 0.184 e. The van der Waals surface area contributed by atoms with Crippen LogP contribution in [0.1, 0.15) is 44.5 Å². The van der Waals surface area contributed by atoms with Gasteiger partial charge in [-0.2, -0.15) is 0 Å². The highest BCUT2D eigenvalue weighted by atomic mass is 28.3. The molecule has 2 aliphatic carbocycles. The molecule has 17 aromatic carbocycles. The molecule has 0 atom stereocenters. The van der Waals surface area contributed by atoms with E-state index in [0.29, 0.717) is 0 Å². The van der Waals surface area contributed by atoms with Crippen molar-refractivity contribution in [3.63, 3.8) is 0 Å². The Bertz CT molecular complexity index is 5690. The van der Waals surface area contributed by atoms with Crippen LogP contribution in [-0.2, 0) is 10.8 Å². The molecule has 0 N–H and O–H groups in total. The Morgan fingerprint density at radius 3 is 0.808 bits per heavy atom. The van der Waals surface area contributed by atoms with E-state index in [1.165, 1.54) is 153 Å². The average molecular weight is 1350 g/mol. The monoisotopic (exact) mass is 1350 g/mol. The number of anilines is 6. The molecule has 0 saturated carbocycles. The maximum atomic E-state index is 2.65. The van der Waals surface area contributed by atoms with Gasteiger partial charge in [-0.1, -0.05) is 352 Å². The smallest absolute Gasteiger partial charge is 0.184 e. The van der Waals surface area contributed by atoms with Crippen LogP contribution in [0, 0.1) is 0 Å². The Balaban J connectivity index is 0.786. The zero-order valence-corrected chi connectivity index (χ0v) is 59.2. The van der Waals surface area contributed by atoms with Gasteiger partial charge >= 0.3 is 0 Å². The minimum Gasteiger partial charge on any atom is -0.311 e. The Morgan fingerprint density at radius 1 is 0.183 bits per heavy atom. The summed E-state index contributed by atoms with van der Waals surface area (Å²) < 4.78 is 0. The first-order valence-electron chi connectivity index (χ1n) is 36.4. The average Bonchev–Trinajstić information content (AvgIpc) is 1.57. The van der Waals surface area contributed by atoms with Crippen molar-refractivity contribution in [1.82, 2.24) is 0 Å². The molecular formula is C100H68N2Si2. The van der Waals surface area contributed by atoms with Gasteiger partial charge in [0.25, 0.3) is 0 Å². The standard InChI is InChI=1S/C100H68N2Si2/c1-9-33-73(34-10-1)99(74-35-11-2-12-36-74)87-51-27-25-49-83(87)85-65-97-93(67-89(85)99)101(91-53-29-31-55-95(91)103(97,79-41-17-5-18-42-79)80-43-19-6-20-44-80)77-59-57-69-62-72-64-78(60-58-70(72)61-71(69)63-77)102-92-54-30-32-56-96(92)104(81-45-21-7-22-46-81,82-47-23-8-24-48-82)98-66-86-84-50-26-28-52-88(84)100(90(86)68-94(98)102,75-37-13-3-14-38-75)76-39-15-4-16-40-76/h1-68H. The summed E-state index contributed by atoms with van der Waals surface area (Å²) in [5, 5.41) is 15.7. The summed E-state index contributed by atoms with van der Waals surface area (Å²) >= 11 is 0. The fourth-order valence-electron chi connectivity index (χ4n) is 19.6. The Labute approximate surface area is 609 Å². The highest BCUT2D eigenvalue weighted by molar-refractivity contribution is 7.22. The maximum absolute atomic E-state index is 3.12. The third-order valence-electron chi connectivity index (χ3n) is 23.6. The number of hydrogen-bond acceptors (Lipinski definition) is 2. The zero-order valence-electron chi connectivity index (χ0n) is 57.2. The van der Waals surface area contributed by atoms with Crippen molar-refractivity contribution in [2.24, 2.45) is 0 Å². The van der Waals surface area contributed by atoms with E-state index in [1.807, 2.05) is 0 Å². The molecule has 0 amide bonds. The van der Waals surface area contributed by atoms with Gasteiger partial charge < -0.3 is 9.80 Å². The number of benzene rings is 17. The molecule has 0 saturated heterocycles. The van der Waals surface area contributed by atoms with Crippen LogP contribution in [0.3, 0.4) is 0 Å². The summed E-state index contributed by atoms with van der Waals surface area (Å²) in [5.41, 5.74) is 21.2. The van der Waals surface area contributed by atoms with Gasteiger partial charge in [0, 0.05) is 34.1 Å². The molecule has 0 spiro atoms. The summed E-state index contributed by atoms with van der Waals surface area (Å²) in [7, 11) is -6.24. The largest absolute Gasteiger partial charge is 0.311 e. The molecule has 0 unspecified atom stereocenters. The summed E-state index contributed by atoms with van der Waals surface area (Å²) in [5.74, 6) is 0. The van der Waals surface area contributed by atoms with Gasteiger partial charge in [0.1, 0.15) is 0 Å². The Morgan fingerprint density at radius 2 is 0.471 bits per heavy atom. The minimum atomic E-state index is -3.12. The zero-order chi connectivity index (χ0) is 68.6. The van der Waals surface area contributed by atoms with Crippen molar-refractivity contribution in [3.05, 3.63) is 457 Å². The molecule has 0 aromatic heterocycles. The lowest BCUT2D eigenvalue weighted by molar-refractivity contribution is 0.768. The first-order chi connectivity index (χ1) is 51.6. The first kappa shape index (κ1) is 60.1. The highest BCUT2D eigenvalue weighted by Gasteiger charge is 2.55. The predicted octanol–water partition coefficient (Wildman–Crippen LogP) is 19.0. The Hall–Kier alpha value is -12.7. The molecule has 4 heteroatoms. The van der Waals surface area contributed by atoms with Gasteiger partial charge in [0.2, 0.25) is 0 Å². The first-order valence-corrected chi connectivity index (χ1v) is 40.4. The molecule has 21 rings (SSSR count). The van der Waals surface area contributed by atoms with Gasteiger partial charge in [0.15, 0.2) is 16.1 Å². The van der Waals surface area contributed by atoms with E-state index in [9.17, 15) is 0 Å². The second-order valence-electron chi connectivity index (χ2n) is 28.5. The van der Waals surface area contributed by atoms with Crippen molar-refractivity contribution in [3.8, 4) is 22.3 Å². The van der Waals surface area contributed by atoms with Crippen molar-refractivity contribution in [2.75, 3.05) is 9.80 Å². The van der Waals surface area contributed by atoms with Crippen LogP contribution in [0.4, 0.5) is 34.1 Å². The van der Waals surface area contributed by atoms with Crippen LogP contribution in [0.5, 0.6) is 0 Å². The molecule has 2 heterocycles. The number of fused-ring (bicyclic) bond motifs is 12. The van der Waals surface area contributed by atoms with E-state index in [2.05, 4.69) is 422 Å².